The monoisotopic (exact) mass is 236 g/mol. The van der Waals surface area contributed by atoms with Crippen LogP contribution in [0.15, 0.2) is 23.3 Å². The van der Waals surface area contributed by atoms with Crippen LogP contribution in [0, 0.1) is 11.8 Å². The van der Waals surface area contributed by atoms with Gasteiger partial charge >= 0.3 is 0 Å². The van der Waals surface area contributed by atoms with Crippen molar-refractivity contribution in [3.05, 3.63) is 23.3 Å². The van der Waals surface area contributed by atoms with Gasteiger partial charge in [0, 0.05) is 0 Å². The summed E-state index contributed by atoms with van der Waals surface area (Å²) in [5.41, 5.74) is 3.31. The molecule has 0 rings (SSSR count). The van der Waals surface area contributed by atoms with Crippen LogP contribution < -0.4 is 0 Å². The summed E-state index contributed by atoms with van der Waals surface area (Å²) in [5, 5.41) is 0. The lowest BCUT2D eigenvalue weighted by molar-refractivity contribution is 0.552. The largest absolute Gasteiger partial charge is 0.0913 e. The molecule has 0 aliphatic heterocycles. The van der Waals surface area contributed by atoms with Crippen molar-refractivity contribution in [2.45, 2.75) is 73.6 Å². The van der Waals surface area contributed by atoms with Crippen LogP contribution in [0.5, 0.6) is 0 Å². The van der Waals surface area contributed by atoms with Gasteiger partial charge in [-0.3, -0.25) is 0 Å². The van der Waals surface area contributed by atoms with Gasteiger partial charge < -0.3 is 0 Å². The van der Waals surface area contributed by atoms with E-state index in [0.29, 0.717) is 0 Å². The van der Waals surface area contributed by atoms with E-state index in [-0.39, 0.29) is 0 Å². The Hall–Kier alpha value is -0.520. The fourth-order valence-corrected chi connectivity index (χ4v) is 2.23. The maximum atomic E-state index is 2.39. The highest BCUT2D eigenvalue weighted by molar-refractivity contribution is 5.18. The highest BCUT2D eigenvalue weighted by Gasteiger charge is 2.10. The standard InChI is InChI=1S/C17H32/c1-7-9-11-15(5)16(6)17(12-10-8-2)13-14(3)4/h8,10,14-15H,7,9,11-13H2,1-6H3. The van der Waals surface area contributed by atoms with Crippen molar-refractivity contribution in [1.29, 1.82) is 0 Å². The first-order valence-electron chi connectivity index (χ1n) is 7.32. The molecule has 0 aromatic carbocycles. The zero-order valence-corrected chi connectivity index (χ0v) is 12.8. The third kappa shape index (κ3) is 7.41. The minimum absolute atomic E-state index is 0.758. The summed E-state index contributed by atoms with van der Waals surface area (Å²) in [6.07, 6.45) is 10.9. The fourth-order valence-electron chi connectivity index (χ4n) is 2.23. The van der Waals surface area contributed by atoms with Crippen LogP contribution in [0.1, 0.15) is 73.6 Å². The van der Waals surface area contributed by atoms with E-state index in [0.717, 1.165) is 18.3 Å². The zero-order chi connectivity index (χ0) is 13.3. The molecule has 100 valence electrons. The number of unbranched alkanes of at least 4 members (excludes halogenated alkanes) is 1. The Kier molecular flexibility index (Phi) is 9.21. The Bertz CT molecular complexity index is 243. The Balaban J connectivity index is 4.67. The molecular weight excluding hydrogens is 204 g/mol. The maximum Gasteiger partial charge on any atom is -0.0136 e. The quantitative estimate of drug-likeness (QED) is 0.444. The van der Waals surface area contributed by atoms with Crippen molar-refractivity contribution >= 4 is 0 Å². The van der Waals surface area contributed by atoms with Gasteiger partial charge in [-0.15, -0.1) is 0 Å². The van der Waals surface area contributed by atoms with E-state index in [9.17, 15) is 0 Å². The number of hydrogen-bond acceptors (Lipinski definition) is 0. The Labute approximate surface area is 109 Å². The van der Waals surface area contributed by atoms with E-state index < -0.39 is 0 Å². The summed E-state index contributed by atoms with van der Waals surface area (Å²) < 4.78 is 0. The van der Waals surface area contributed by atoms with Crippen molar-refractivity contribution in [3.63, 3.8) is 0 Å². The predicted octanol–water partition coefficient (Wildman–Crippen LogP) is 6.14. The van der Waals surface area contributed by atoms with Crippen LogP contribution in [0.25, 0.3) is 0 Å². The Morgan fingerprint density at radius 1 is 1.18 bits per heavy atom. The lowest BCUT2D eigenvalue weighted by Gasteiger charge is -2.19. The average molecular weight is 236 g/mol. The highest BCUT2D eigenvalue weighted by atomic mass is 14.2. The van der Waals surface area contributed by atoms with Crippen molar-refractivity contribution < 1.29 is 0 Å². The first-order valence-corrected chi connectivity index (χ1v) is 7.32. The molecule has 1 atom stereocenters. The molecule has 0 amide bonds. The normalized spacial score (nSPS) is 15.5. The molecular formula is C17H32. The Morgan fingerprint density at radius 3 is 2.29 bits per heavy atom. The minimum atomic E-state index is 0.758. The van der Waals surface area contributed by atoms with E-state index in [1.165, 1.54) is 25.7 Å². The average Bonchev–Trinajstić information content (AvgIpc) is 2.29. The molecule has 0 aliphatic rings. The predicted molar refractivity (Wildman–Crippen MR) is 80.3 cm³/mol. The van der Waals surface area contributed by atoms with E-state index in [2.05, 4.69) is 53.7 Å². The summed E-state index contributed by atoms with van der Waals surface area (Å²) >= 11 is 0. The topological polar surface area (TPSA) is 0 Å². The van der Waals surface area contributed by atoms with Gasteiger partial charge in [-0.25, -0.2) is 0 Å². The van der Waals surface area contributed by atoms with Crippen LogP contribution in [-0.4, -0.2) is 0 Å². The SMILES string of the molecule is CC=CCC(CC(C)C)=C(C)C(C)CCCC. The molecule has 0 nitrogen and oxygen atoms in total. The molecule has 0 heteroatoms. The van der Waals surface area contributed by atoms with E-state index >= 15 is 0 Å². The van der Waals surface area contributed by atoms with Gasteiger partial charge in [0.1, 0.15) is 0 Å². The van der Waals surface area contributed by atoms with Gasteiger partial charge in [0.25, 0.3) is 0 Å². The first-order chi connectivity index (χ1) is 8.02. The summed E-state index contributed by atoms with van der Waals surface area (Å²) in [6, 6.07) is 0. The molecule has 0 spiro atoms. The van der Waals surface area contributed by atoms with Gasteiger partial charge in [0.05, 0.1) is 0 Å². The second-order valence-corrected chi connectivity index (χ2v) is 5.70. The molecule has 0 saturated heterocycles. The van der Waals surface area contributed by atoms with Crippen molar-refractivity contribution in [2.24, 2.45) is 11.8 Å². The second-order valence-electron chi connectivity index (χ2n) is 5.70. The van der Waals surface area contributed by atoms with Crippen LogP contribution >= 0.6 is 0 Å². The fraction of sp³-hybridized carbons (Fsp3) is 0.765. The van der Waals surface area contributed by atoms with Gasteiger partial charge in [0.15, 0.2) is 0 Å². The third-order valence-corrected chi connectivity index (χ3v) is 3.54. The van der Waals surface area contributed by atoms with E-state index in [1.54, 1.807) is 11.1 Å². The minimum Gasteiger partial charge on any atom is -0.0913 e. The molecule has 0 heterocycles. The molecule has 0 fully saturated rings. The molecule has 17 heavy (non-hydrogen) atoms. The van der Waals surface area contributed by atoms with Gasteiger partial charge in [0.2, 0.25) is 0 Å². The molecule has 0 aromatic rings. The second kappa shape index (κ2) is 9.50. The van der Waals surface area contributed by atoms with Crippen LogP contribution in [0.3, 0.4) is 0 Å². The molecule has 1 unspecified atom stereocenters. The van der Waals surface area contributed by atoms with Crippen LogP contribution in [0.4, 0.5) is 0 Å². The number of allylic oxidation sites excluding steroid dienone is 4. The van der Waals surface area contributed by atoms with Crippen LogP contribution in [0.2, 0.25) is 0 Å². The Morgan fingerprint density at radius 2 is 1.82 bits per heavy atom. The molecule has 0 radical (unpaired) electrons. The van der Waals surface area contributed by atoms with Gasteiger partial charge in [-0.05, 0) is 44.9 Å². The molecule has 0 aromatic heterocycles. The first kappa shape index (κ1) is 16.5. The molecule has 0 aliphatic carbocycles. The summed E-state index contributed by atoms with van der Waals surface area (Å²) in [4.78, 5) is 0. The lowest BCUT2D eigenvalue weighted by Crippen LogP contribution is -2.03. The molecule has 0 N–H and O–H groups in total. The van der Waals surface area contributed by atoms with Crippen LogP contribution in [-0.2, 0) is 0 Å². The maximum absolute atomic E-state index is 2.39. The van der Waals surface area contributed by atoms with Crippen molar-refractivity contribution in [1.82, 2.24) is 0 Å². The highest BCUT2D eigenvalue weighted by Crippen LogP contribution is 2.26. The molecule has 0 saturated carbocycles. The smallest absolute Gasteiger partial charge is 0.0136 e. The number of hydrogen-bond donors (Lipinski definition) is 0. The zero-order valence-electron chi connectivity index (χ0n) is 12.8. The third-order valence-electron chi connectivity index (χ3n) is 3.54. The van der Waals surface area contributed by atoms with Crippen molar-refractivity contribution in [2.75, 3.05) is 0 Å². The molecule has 0 bridgehead atoms. The van der Waals surface area contributed by atoms with E-state index in [1.807, 2.05) is 0 Å². The lowest BCUT2D eigenvalue weighted by atomic mass is 9.87. The van der Waals surface area contributed by atoms with Gasteiger partial charge in [-0.1, -0.05) is 63.8 Å². The summed E-state index contributed by atoms with van der Waals surface area (Å²) in [6.45, 7) is 13.8. The van der Waals surface area contributed by atoms with Gasteiger partial charge in [-0.2, -0.15) is 0 Å². The summed E-state index contributed by atoms with van der Waals surface area (Å²) in [5.74, 6) is 1.53. The van der Waals surface area contributed by atoms with E-state index in [4.69, 9.17) is 0 Å². The van der Waals surface area contributed by atoms with Crippen molar-refractivity contribution in [3.8, 4) is 0 Å². The number of rotatable bonds is 8. The summed E-state index contributed by atoms with van der Waals surface area (Å²) in [7, 11) is 0.